The molecule has 0 amide bonds. The second kappa shape index (κ2) is 4.76. The van der Waals surface area contributed by atoms with E-state index in [1.54, 1.807) is 0 Å². The highest BCUT2D eigenvalue weighted by atomic mass is 32.2. The van der Waals surface area contributed by atoms with Crippen molar-refractivity contribution < 1.29 is 16.8 Å². The van der Waals surface area contributed by atoms with Crippen molar-refractivity contribution in [1.29, 1.82) is 0 Å². The minimum Gasteiger partial charge on any atom is -0.381 e. The van der Waals surface area contributed by atoms with E-state index in [0.29, 0.717) is 0 Å². The van der Waals surface area contributed by atoms with Gasteiger partial charge in [0.1, 0.15) is 9.84 Å². The molecule has 8 nitrogen and oxygen atoms in total. The standard InChI is InChI=1S/C9H16N4O4S2/c1-13-6-11-8(10)9(13)19(16,17)12-7-2-4-18(14,15)5-3-7/h6-7,12H,2-5,10H2,1H3. The summed E-state index contributed by atoms with van der Waals surface area (Å²) < 4.78 is 50.7. The molecule has 0 radical (unpaired) electrons. The second-order valence-electron chi connectivity index (χ2n) is 4.59. The first-order valence-electron chi connectivity index (χ1n) is 5.71. The number of sulfone groups is 1. The van der Waals surface area contributed by atoms with Crippen molar-refractivity contribution in [2.75, 3.05) is 17.2 Å². The van der Waals surface area contributed by atoms with Gasteiger partial charge >= 0.3 is 0 Å². The molecule has 1 saturated heterocycles. The van der Waals surface area contributed by atoms with Crippen molar-refractivity contribution in [3.05, 3.63) is 6.33 Å². The molecule has 0 bridgehead atoms. The van der Waals surface area contributed by atoms with Crippen LogP contribution in [0.1, 0.15) is 12.8 Å². The molecule has 3 N–H and O–H groups in total. The van der Waals surface area contributed by atoms with E-state index in [2.05, 4.69) is 9.71 Å². The second-order valence-corrected chi connectivity index (χ2v) is 8.53. The van der Waals surface area contributed by atoms with E-state index in [-0.39, 0.29) is 41.2 Å². The Morgan fingerprint density at radius 1 is 1.42 bits per heavy atom. The molecule has 1 aliphatic rings. The molecule has 0 spiro atoms. The van der Waals surface area contributed by atoms with Gasteiger partial charge in [0, 0.05) is 13.1 Å². The normalized spacial score (nSPS) is 20.5. The largest absolute Gasteiger partial charge is 0.381 e. The van der Waals surface area contributed by atoms with E-state index < -0.39 is 19.9 Å². The Kier molecular flexibility index (Phi) is 3.58. The first kappa shape index (κ1) is 14.3. The zero-order valence-electron chi connectivity index (χ0n) is 10.4. The smallest absolute Gasteiger partial charge is 0.260 e. The van der Waals surface area contributed by atoms with E-state index >= 15 is 0 Å². The van der Waals surface area contributed by atoms with Crippen molar-refractivity contribution in [2.24, 2.45) is 7.05 Å². The van der Waals surface area contributed by atoms with Gasteiger partial charge in [-0.1, -0.05) is 0 Å². The summed E-state index contributed by atoms with van der Waals surface area (Å²) >= 11 is 0. The number of aryl methyl sites for hydroxylation is 1. The van der Waals surface area contributed by atoms with Crippen molar-refractivity contribution in [3.8, 4) is 0 Å². The fourth-order valence-corrected chi connectivity index (χ4v) is 5.08. The third-order valence-electron chi connectivity index (χ3n) is 3.04. The van der Waals surface area contributed by atoms with Gasteiger partial charge in [0.15, 0.2) is 10.8 Å². The fourth-order valence-electron chi connectivity index (χ4n) is 2.05. The van der Waals surface area contributed by atoms with E-state index in [1.165, 1.54) is 17.9 Å². The Hall–Kier alpha value is -1.13. The van der Waals surface area contributed by atoms with Crippen LogP contribution in [-0.2, 0) is 26.9 Å². The average molecular weight is 308 g/mol. The zero-order chi connectivity index (χ0) is 14.3. The maximum Gasteiger partial charge on any atom is 0.260 e. The van der Waals surface area contributed by atoms with Gasteiger partial charge in [0.25, 0.3) is 10.0 Å². The summed E-state index contributed by atoms with van der Waals surface area (Å²) in [5.74, 6) is -0.0688. The number of hydrogen-bond donors (Lipinski definition) is 2. The predicted molar refractivity (Wildman–Crippen MR) is 69.6 cm³/mol. The predicted octanol–water partition coefficient (Wildman–Crippen LogP) is -1.14. The highest BCUT2D eigenvalue weighted by Gasteiger charge is 2.30. The molecule has 1 aromatic heterocycles. The van der Waals surface area contributed by atoms with Gasteiger partial charge in [0.05, 0.1) is 17.8 Å². The maximum absolute atomic E-state index is 12.2. The summed E-state index contributed by atoms with van der Waals surface area (Å²) in [6.07, 6.45) is 1.87. The lowest BCUT2D eigenvalue weighted by molar-refractivity contribution is 0.502. The van der Waals surface area contributed by atoms with E-state index in [1.807, 2.05) is 0 Å². The van der Waals surface area contributed by atoms with Crippen molar-refractivity contribution in [2.45, 2.75) is 23.9 Å². The van der Waals surface area contributed by atoms with Crippen LogP contribution >= 0.6 is 0 Å². The van der Waals surface area contributed by atoms with Crippen molar-refractivity contribution in [3.63, 3.8) is 0 Å². The molecule has 0 unspecified atom stereocenters. The monoisotopic (exact) mass is 308 g/mol. The molecule has 2 heterocycles. The Morgan fingerprint density at radius 2 is 2.00 bits per heavy atom. The van der Waals surface area contributed by atoms with E-state index in [4.69, 9.17) is 5.73 Å². The molecule has 0 aliphatic carbocycles. The van der Waals surface area contributed by atoms with Crippen LogP contribution < -0.4 is 10.5 Å². The highest BCUT2D eigenvalue weighted by molar-refractivity contribution is 7.91. The van der Waals surface area contributed by atoms with Crippen molar-refractivity contribution >= 4 is 25.7 Å². The number of rotatable bonds is 3. The van der Waals surface area contributed by atoms with Crippen molar-refractivity contribution in [1.82, 2.24) is 14.3 Å². The van der Waals surface area contributed by atoms with Crippen LogP contribution in [0.5, 0.6) is 0 Å². The van der Waals surface area contributed by atoms with Crippen LogP contribution in [0, 0.1) is 0 Å². The highest BCUT2D eigenvalue weighted by Crippen LogP contribution is 2.19. The number of nitrogen functional groups attached to an aromatic ring is 1. The third-order valence-corrected chi connectivity index (χ3v) is 6.41. The molecule has 10 heteroatoms. The molecule has 0 saturated carbocycles. The van der Waals surface area contributed by atoms with Gasteiger partial charge in [-0.05, 0) is 12.8 Å². The molecule has 2 rings (SSSR count). The number of nitrogens with zero attached hydrogens (tertiary/aromatic N) is 2. The zero-order valence-corrected chi connectivity index (χ0v) is 12.0. The summed E-state index contributed by atoms with van der Waals surface area (Å²) in [7, 11) is -5.27. The summed E-state index contributed by atoms with van der Waals surface area (Å²) in [6.45, 7) is 0. The Labute approximate surface area is 112 Å². The first-order valence-corrected chi connectivity index (χ1v) is 9.01. The molecular formula is C9H16N4O4S2. The van der Waals surface area contributed by atoms with Crippen LogP contribution in [0.2, 0.25) is 0 Å². The van der Waals surface area contributed by atoms with Gasteiger partial charge in [-0.2, -0.15) is 0 Å². The fraction of sp³-hybridized carbons (Fsp3) is 0.667. The number of nitrogens with one attached hydrogen (secondary N) is 1. The van der Waals surface area contributed by atoms with Crippen LogP contribution in [-0.4, -0.2) is 43.9 Å². The van der Waals surface area contributed by atoms with Crippen LogP contribution in [0.4, 0.5) is 5.82 Å². The summed E-state index contributed by atoms with van der Waals surface area (Å²) in [4.78, 5) is 3.72. The lowest BCUT2D eigenvalue weighted by atomic mass is 10.2. The van der Waals surface area contributed by atoms with Crippen LogP contribution in [0.3, 0.4) is 0 Å². The maximum atomic E-state index is 12.2. The molecule has 0 atom stereocenters. The van der Waals surface area contributed by atoms with Crippen LogP contribution in [0.15, 0.2) is 11.4 Å². The van der Waals surface area contributed by atoms with Crippen LogP contribution in [0.25, 0.3) is 0 Å². The molecular weight excluding hydrogens is 292 g/mol. The van der Waals surface area contributed by atoms with Gasteiger partial charge < -0.3 is 10.3 Å². The number of imidazole rings is 1. The van der Waals surface area contributed by atoms with Gasteiger partial charge in [-0.25, -0.2) is 26.5 Å². The average Bonchev–Trinajstić information content (AvgIpc) is 2.62. The Bertz CT molecular complexity index is 644. The molecule has 19 heavy (non-hydrogen) atoms. The number of nitrogens with two attached hydrogens (primary N) is 1. The van der Waals surface area contributed by atoms with E-state index in [9.17, 15) is 16.8 Å². The summed E-state index contributed by atoms with van der Waals surface area (Å²) in [6, 6.07) is -0.386. The molecule has 1 fully saturated rings. The Balaban J connectivity index is 2.15. The lowest BCUT2D eigenvalue weighted by Crippen LogP contribution is -2.41. The minimum absolute atomic E-state index is 0.00105. The van der Waals surface area contributed by atoms with Gasteiger partial charge in [0.2, 0.25) is 0 Å². The SMILES string of the molecule is Cn1cnc(N)c1S(=O)(=O)NC1CCS(=O)(=O)CC1. The number of anilines is 1. The molecule has 1 aromatic rings. The number of hydrogen-bond acceptors (Lipinski definition) is 6. The third kappa shape index (κ3) is 3.07. The minimum atomic E-state index is -3.78. The number of aromatic nitrogens is 2. The summed E-state index contributed by atoms with van der Waals surface area (Å²) in [5.41, 5.74) is 5.53. The first-order chi connectivity index (χ1) is 8.71. The topological polar surface area (TPSA) is 124 Å². The molecule has 1 aliphatic heterocycles. The number of sulfonamides is 1. The molecule has 108 valence electrons. The Morgan fingerprint density at radius 3 is 2.47 bits per heavy atom. The van der Waals surface area contributed by atoms with E-state index in [0.717, 1.165) is 0 Å². The lowest BCUT2D eigenvalue weighted by Gasteiger charge is -2.22. The van der Waals surface area contributed by atoms with Gasteiger partial charge in [-0.15, -0.1) is 0 Å². The van der Waals surface area contributed by atoms with Gasteiger partial charge in [-0.3, -0.25) is 0 Å². The quantitative estimate of drug-likeness (QED) is 0.727. The summed E-state index contributed by atoms with van der Waals surface area (Å²) in [5, 5.41) is -0.0964. The molecule has 0 aromatic carbocycles.